The van der Waals surface area contributed by atoms with Gasteiger partial charge in [0.05, 0.1) is 24.2 Å². The minimum atomic E-state index is -4.45. The Hall–Kier alpha value is -2.54. The fraction of sp³-hybridized carbons (Fsp3) is 0.188. The highest BCUT2D eigenvalue weighted by Gasteiger charge is 2.32. The molecule has 7 heteroatoms. The van der Waals surface area contributed by atoms with Crippen LogP contribution in [0.3, 0.4) is 0 Å². The van der Waals surface area contributed by atoms with Gasteiger partial charge in [0.25, 0.3) is 0 Å². The van der Waals surface area contributed by atoms with Gasteiger partial charge >= 0.3 is 6.18 Å². The zero-order chi connectivity index (χ0) is 16.4. The first-order valence-electron chi connectivity index (χ1n) is 6.96. The highest BCUT2D eigenvalue weighted by molar-refractivity contribution is 6.02. The first kappa shape index (κ1) is 15.4. The van der Waals surface area contributed by atoms with Crippen LogP contribution in [0.4, 0.5) is 13.2 Å². The van der Waals surface area contributed by atoms with Crippen LogP contribution in [-0.4, -0.2) is 23.9 Å². The maximum absolute atomic E-state index is 13.0. The molecular formula is C16H14F3N3O. The molecule has 0 aromatic heterocycles. The van der Waals surface area contributed by atoms with Gasteiger partial charge in [-0.3, -0.25) is 10.0 Å². The third kappa shape index (κ3) is 3.29. The lowest BCUT2D eigenvalue weighted by atomic mass is 10.1. The van der Waals surface area contributed by atoms with Crippen molar-refractivity contribution in [2.24, 2.45) is 10.8 Å². The summed E-state index contributed by atoms with van der Waals surface area (Å²) in [6.45, 7) is 0.892. The van der Waals surface area contributed by atoms with Gasteiger partial charge in [0.2, 0.25) is 0 Å². The van der Waals surface area contributed by atoms with Gasteiger partial charge in [-0.05, 0) is 30.3 Å². The average molecular weight is 321 g/mol. The maximum Gasteiger partial charge on any atom is 0.416 e. The Labute approximate surface area is 131 Å². The Morgan fingerprint density at radius 2 is 1.83 bits per heavy atom. The number of hydrogen-bond donors (Lipinski definition) is 1. The molecule has 23 heavy (non-hydrogen) atoms. The average Bonchev–Trinajstić information content (AvgIpc) is 2.93. The third-order valence-corrected chi connectivity index (χ3v) is 3.39. The SMILES string of the molecule is NN1CCN=C1c1cc(C(F)(F)F)ccc1Oc1ccccc1. The Morgan fingerprint density at radius 1 is 1.09 bits per heavy atom. The van der Waals surface area contributed by atoms with E-state index in [1.54, 1.807) is 24.3 Å². The number of para-hydroxylation sites is 1. The van der Waals surface area contributed by atoms with Crippen LogP contribution >= 0.6 is 0 Å². The Kier molecular flexibility index (Phi) is 3.96. The zero-order valence-corrected chi connectivity index (χ0v) is 12.0. The lowest BCUT2D eigenvalue weighted by Crippen LogP contribution is -2.35. The number of hydrogen-bond acceptors (Lipinski definition) is 4. The number of hydrazine groups is 1. The van der Waals surface area contributed by atoms with Crippen molar-refractivity contribution >= 4 is 5.84 Å². The second-order valence-corrected chi connectivity index (χ2v) is 5.02. The number of halogens is 3. The predicted octanol–water partition coefficient (Wildman–Crippen LogP) is 3.43. The third-order valence-electron chi connectivity index (χ3n) is 3.39. The van der Waals surface area contributed by atoms with Crippen LogP contribution in [-0.2, 0) is 6.18 Å². The van der Waals surface area contributed by atoms with E-state index in [-0.39, 0.29) is 11.3 Å². The summed E-state index contributed by atoms with van der Waals surface area (Å²) in [6, 6.07) is 12.1. The number of rotatable bonds is 3. The fourth-order valence-corrected chi connectivity index (χ4v) is 2.29. The summed E-state index contributed by atoms with van der Waals surface area (Å²) < 4.78 is 44.7. The second kappa shape index (κ2) is 5.92. The number of alkyl halides is 3. The van der Waals surface area contributed by atoms with Crippen LogP contribution in [0.2, 0.25) is 0 Å². The van der Waals surface area contributed by atoms with Gasteiger partial charge in [0.15, 0.2) is 0 Å². The number of benzene rings is 2. The lowest BCUT2D eigenvalue weighted by Gasteiger charge is -2.18. The molecule has 2 aromatic carbocycles. The van der Waals surface area contributed by atoms with Crippen LogP contribution in [0.1, 0.15) is 11.1 Å². The molecule has 0 atom stereocenters. The molecule has 0 fully saturated rings. The molecule has 0 unspecified atom stereocenters. The molecule has 1 aliphatic rings. The molecule has 0 saturated carbocycles. The molecule has 1 heterocycles. The molecule has 0 saturated heterocycles. The van der Waals surface area contributed by atoms with E-state index in [0.717, 1.165) is 12.1 Å². The number of nitrogens with two attached hydrogens (primary N) is 1. The molecule has 0 radical (unpaired) electrons. The standard InChI is InChI=1S/C16H14F3N3O/c17-16(18,19)11-6-7-14(23-12-4-2-1-3-5-12)13(10-11)15-21-8-9-22(15)20/h1-7,10H,8-9,20H2. The molecule has 0 bridgehead atoms. The van der Waals surface area contributed by atoms with E-state index in [1.165, 1.54) is 11.1 Å². The first-order chi connectivity index (χ1) is 10.9. The summed E-state index contributed by atoms with van der Waals surface area (Å²) in [5.74, 6) is 6.89. The molecule has 1 aliphatic heterocycles. The summed E-state index contributed by atoms with van der Waals surface area (Å²) in [5.41, 5.74) is -0.542. The Bertz CT molecular complexity index is 729. The van der Waals surface area contributed by atoms with Gasteiger partial charge in [-0.25, -0.2) is 5.84 Å². The van der Waals surface area contributed by atoms with Crippen molar-refractivity contribution in [2.45, 2.75) is 6.18 Å². The zero-order valence-electron chi connectivity index (χ0n) is 12.0. The molecule has 2 N–H and O–H groups in total. The quantitative estimate of drug-likeness (QED) is 0.881. The summed E-state index contributed by atoms with van der Waals surface area (Å²) in [5, 5.41) is 1.33. The van der Waals surface area contributed by atoms with E-state index < -0.39 is 11.7 Å². The summed E-state index contributed by atoms with van der Waals surface area (Å²) >= 11 is 0. The van der Waals surface area contributed by atoms with Crippen LogP contribution in [0.5, 0.6) is 11.5 Å². The topological polar surface area (TPSA) is 50.8 Å². The van der Waals surface area contributed by atoms with E-state index in [0.29, 0.717) is 24.7 Å². The normalized spacial score (nSPS) is 14.8. The molecular weight excluding hydrogens is 307 g/mol. The number of aliphatic imine (C=N–C) groups is 1. The fourth-order valence-electron chi connectivity index (χ4n) is 2.29. The number of amidine groups is 1. The van der Waals surface area contributed by atoms with Crippen molar-refractivity contribution < 1.29 is 17.9 Å². The van der Waals surface area contributed by atoms with Gasteiger partial charge in [-0.2, -0.15) is 13.2 Å². The van der Waals surface area contributed by atoms with Crippen LogP contribution < -0.4 is 10.6 Å². The molecule has 120 valence electrons. The number of ether oxygens (including phenoxy) is 1. The molecule has 0 aliphatic carbocycles. The van der Waals surface area contributed by atoms with E-state index in [4.69, 9.17) is 10.6 Å². The number of nitrogens with zero attached hydrogens (tertiary/aromatic N) is 2. The van der Waals surface area contributed by atoms with Gasteiger partial charge in [-0.15, -0.1) is 0 Å². The highest BCUT2D eigenvalue weighted by Crippen LogP contribution is 2.35. The minimum absolute atomic E-state index is 0.226. The minimum Gasteiger partial charge on any atom is -0.457 e. The smallest absolute Gasteiger partial charge is 0.416 e. The van der Waals surface area contributed by atoms with E-state index in [1.807, 2.05) is 6.07 Å². The van der Waals surface area contributed by atoms with Crippen molar-refractivity contribution in [1.82, 2.24) is 5.01 Å². The summed E-state index contributed by atoms with van der Waals surface area (Å²) in [7, 11) is 0. The van der Waals surface area contributed by atoms with Gasteiger partial charge < -0.3 is 4.74 Å². The predicted molar refractivity (Wildman–Crippen MR) is 80.3 cm³/mol. The summed E-state index contributed by atoms with van der Waals surface area (Å²) in [4.78, 5) is 4.18. The van der Waals surface area contributed by atoms with E-state index in [9.17, 15) is 13.2 Å². The molecule has 0 amide bonds. The molecule has 0 spiro atoms. The molecule has 4 nitrogen and oxygen atoms in total. The van der Waals surface area contributed by atoms with Crippen LogP contribution in [0.15, 0.2) is 53.5 Å². The van der Waals surface area contributed by atoms with Crippen molar-refractivity contribution in [3.05, 3.63) is 59.7 Å². The second-order valence-electron chi connectivity index (χ2n) is 5.02. The van der Waals surface area contributed by atoms with Gasteiger partial charge in [0, 0.05) is 0 Å². The van der Waals surface area contributed by atoms with E-state index >= 15 is 0 Å². The Morgan fingerprint density at radius 3 is 2.43 bits per heavy atom. The van der Waals surface area contributed by atoms with Crippen LogP contribution in [0.25, 0.3) is 0 Å². The largest absolute Gasteiger partial charge is 0.457 e. The van der Waals surface area contributed by atoms with Gasteiger partial charge in [-0.1, -0.05) is 18.2 Å². The monoisotopic (exact) mass is 321 g/mol. The highest BCUT2D eigenvalue weighted by atomic mass is 19.4. The molecule has 2 aromatic rings. The van der Waals surface area contributed by atoms with Crippen LogP contribution in [0, 0.1) is 0 Å². The maximum atomic E-state index is 13.0. The first-order valence-corrected chi connectivity index (χ1v) is 6.96. The van der Waals surface area contributed by atoms with E-state index in [2.05, 4.69) is 4.99 Å². The van der Waals surface area contributed by atoms with Crippen molar-refractivity contribution in [3.8, 4) is 11.5 Å². The molecule has 3 rings (SSSR count). The summed E-state index contributed by atoms with van der Waals surface area (Å²) in [6.07, 6.45) is -4.45. The lowest BCUT2D eigenvalue weighted by molar-refractivity contribution is -0.137. The van der Waals surface area contributed by atoms with Crippen molar-refractivity contribution in [3.63, 3.8) is 0 Å². The Balaban J connectivity index is 2.04. The van der Waals surface area contributed by atoms with Gasteiger partial charge in [0.1, 0.15) is 17.3 Å². The van der Waals surface area contributed by atoms with Crippen molar-refractivity contribution in [1.29, 1.82) is 0 Å². The van der Waals surface area contributed by atoms with Crippen molar-refractivity contribution in [2.75, 3.05) is 13.1 Å².